The molecule has 0 aliphatic carbocycles. The standard InChI is InChI=1S/C17H14Cl3N3O2/c18-12-3-1-11(2-4-12)17(25,8-24)16(23-10-21-9-22-23)14-6-5-13(19)7-15(14)20/h1-7,9-10,16,24-25H,8H2. The fraction of sp³-hybridized carbons (Fsp3) is 0.176. The first-order valence-corrected chi connectivity index (χ1v) is 8.47. The van der Waals surface area contributed by atoms with Gasteiger partial charge in [-0.15, -0.1) is 0 Å². The van der Waals surface area contributed by atoms with Gasteiger partial charge in [0.2, 0.25) is 0 Å². The van der Waals surface area contributed by atoms with E-state index in [2.05, 4.69) is 10.1 Å². The highest BCUT2D eigenvalue weighted by atomic mass is 35.5. The fourth-order valence-electron chi connectivity index (χ4n) is 2.77. The summed E-state index contributed by atoms with van der Waals surface area (Å²) in [6, 6.07) is 10.7. The minimum atomic E-state index is -1.71. The predicted octanol–water partition coefficient (Wildman–Crippen LogP) is 3.71. The first-order chi connectivity index (χ1) is 12.0. The van der Waals surface area contributed by atoms with E-state index in [1.807, 2.05) is 0 Å². The lowest BCUT2D eigenvalue weighted by atomic mass is 9.83. The van der Waals surface area contributed by atoms with Crippen molar-refractivity contribution in [2.24, 2.45) is 0 Å². The molecular formula is C17H14Cl3N3O2. The minimum Gasteiger partial charge on any atom is -0.393 e. The number of hydrogen-bond acceptors (Lipinski definition) is 4. The first kappa shape index (κ1) is 18.2. The Kier molecular flexibility index (Phi) is 5.32. The van der Waals surface area contributed by atoms with Crippen LogP contribution in [0, 0.1) is 0 Å². The second kappa shape index (κ2) is 7.32. The van der Waals surface area contributed by atoms with Crippen LogP contribution in [-0.2, 0) is 5.60 Å². The van der Waals surface area contributed by atoms with Gasteiger partial charge in [-0.1, -0.05) is 53.0 Å². The third-order valence-corrected chi connectivity index (χ3v) is 4.81. The summed E-state index contributed by atoms with van der Waals surface area (Å²) in [5, 5.41) is 26.9. The summed E-state index contributed by atoms with van der Waals surface area (Å²) in [6.07, 6.45) is 2.79. The van der Waals surface area contributed by atoms with E-state index in [1.54, 1.807) is 42.5 Å². The maximum Gasteiger partial charge on any atom is 0.139 e. The number of nitrogens with zero attached hydrogens (tertiary/aromatic N) is 3. The molecule has 0 amide bonds. The molecule has 3 rings (SSSR count). The van der Waals surface area contributed by atoms with Crippen LogP contribution >= 0.6 is 34.8 Å². The third kappa shape index (κ3) is 3.52. The maximum atomic E-state index is 11.4. The zero-order valence-corrected chi connectivity index (χ0v) is 15.1. The van der Waals surface area contributed by atoms with Crippen molar-refractivity contribution >= 4 is 34.8 Å². The number of rotatable bonds is 5. The summed E-state index contributed by atoms with van der Waals surface area (Å²) in [4.78, 5) is 3.94. The lowest BCUT2D eigenvalue weighted by molar-refractivity contribution is -0.0535. The Labute approximate surface area is 159 Å². The highest BCUT2D eigenvalue weighted by Crippen LogP contribution is 2.41. The van der Waals surface area contributed by atoms with Gasteiger partial charge in [0.25, 0.3) is 0 Å². The van der Waals surface area contributed by atoms with Crippen LogP contribution in [-0.4, -0.2) is 31.6 Å². The zero-order valence-electron chi connectivity index (χ0n) is 12.9. The average molecular weight is 399 g/mol. The number of aliphatic hydroxyl groups is 2. The van der Waals surface area contributed by atoms with Crippen molar-refractivity contribution in [2.75, 3.05) is 6.61 Å². The smallest absolute Gasteiger partial charge is 0.139 e. The molecule has 2 unspecified atom stereocenters. The van der Waals surface area contributed by atoms with Gasteiger partial charge in [0.05, 0.1) is 6.61 Å². The molecular weight excluding hydrogens is 385 g/mol. The maximum absolute atomic E-state index is 11.4. The van der Waals surface area contributed by atoms with E-state index in [1.165, 1.54) is 17.3 Å². The molecule has 130 valence electrons. The van der Waals surface area contributed by atoms with Crippen LogP contribution in [0.15, 0.2) is 55.1 Å². The summed E-state index contributed by atoms with van der Waals surface area (Å²) < 4.78 is 1.44. The van der Waals surface area contributed by atoms with Crippen molar-refractivity contribution in [1.82, 2.24) is 14.8 Å². The molecule has 3 aromatic rings. The Morgan fingerprint density at radius 1 is 1.04 bits per heavy atom. The summed E-state index contributed by atoms with van der Waals surface area (Å²) in [5.41, 5.74) is -0.704. The molecule has 0 radical (unpaired) electrons. The van der Waals surface area contributed by atoms with E-state index in [4.69, 9.17) is 34.8 Å². The van der Waals surface area contributed by atoms with Crippen LogP contribution in [0.25, 0.3) is 0 Å². The van der Waals surface area contributed by atoms with Crippen molar-refractivity contribution in [3.05, 3.63) is 81.3 Å². The van der Waals surface area contributed by atoms with Crippen LogP contribution in [0.3, 0.4) is 0 Å². The van der Waals surface area contributed by atoms with Crippen molar-refractivity contribution in [3.8, 4) is 0 Å². The molecule has 0 fully saturated rings. The third-order valence-electron chi connectivity index (χ3n) is 4.00. The van der Waals surface area contributed by atoms with Crippen molar-refractivity contribution in [3.63, 3.8) is 0 Å². The molecule has 2 aromatic carbocycles. The summed E-state index contributed by atoms with van der Waals surface area (Å²) in [6.45, 7) is -0.571. The monoisotopic (exact) mass is 397 g/mol. The summed E-state index contributed by atoms with van der Waals surface area (Å²) >= 11 is 18.3. The van der Waals surface area contributed by atoms with Gasteiger partial charge >= 0.3 is 0 Å². The van der Waals surface area contributed by atoms with E-state index in [0.717, 1.165) is 0 Å². The van der Waals surface area contributed by atoms with Crippen molar-refractivity contribution in [1.29, 1.82) is 0 Å². The van der Waals surface area contributed by atoms with Crippen LogP contribution in [0.5, 0.6) is 0 Å². The van der Waals surface area contributed by atoms with Gasteiger partial charge in [-0.25, -0.2) is 9.67 Å². The van der Waals surface area contributed by atoms with E-state index in [0.29, 0.717) is 26.2 Å². The van der Waals surface area contributed by atoms with Crippen LogP contribution in [0.2, 0.25) is 15.1 Å². The topological polar surface area (TPSA) is 71.2 Å². The predicted molar refractivity (Wildman–Crippen MR) is 97.1 cm³/mol. The van der Waals surface area contributed by atoms with Gasteiger partial charge in [-0.05, 0) is 35.4 Å². The molecule has 0 saturated heterocycles. The Bertz CT molecular complexity index is 856. The zero-order chi connectivity index (χ0) is 18.0. The fourth-order valence-corrected chi connectivity index (χ4v) is 3.40. The summed E-state index contributed by atoms with van der Waals surface area (Å²) in [5.74, 6) is 0. The molecule has 8 heteroatoms. The average Bonchev–Trinajstić information content (AvgIpc) is 3.11. The van der Waals surface area contributed by atoms with Gasteiger partial charge in [-0.2, -0.15) is 5.10 Å². The van der Waals surface area contributed by atoms with E-state index in [-0.39, 0.29) is 0 Å². The SMILES string of the molecule is OCC(O)(c1ccc(Cl)cc1)C(c1ccc(Cl)cc1Cl)n1cncn1. The van der Waals surface area contributed by atoms with Crippen LogP contribution < -0.4 is 0 Å². The molecule has 0 aliphatic rings. The highest BCUT2D eigenvalue weighted by molar-refractivity contribution is 6.35. The molecule has 1 heterocycles. The Morgan fingerprint density at radius 3 is 2.28 bits per heavy atom. The number of aliphatic hydroxyl groups excluding tert-OH is 1. The molecule has 2 N–H and O–H groups in total. The summed E-state index contributed by atoms with van der Waals surface area (Å²) in [7, 11) is 0. The normalized spacial score (nSPS) is 14.9. The van der Waals surface area contributed by atoms with Gasteiger partial charge in [0.15, 0.2) is 0 Å². The van der Waals surface area contributed by atoms with E-state index >= 15 is 0 Å². The number of benzene rings is 2. The molecule has 25 heavy (non-hydrogen) atoms. The second-order valence-corrected chi connectivity index (χ2v) is 6.81. The van der Waals surface area contributed by atoms with Crippen LogP contribution in [0.1, 0.15) is 17.2 Å². The Hall–Kier alpha value is -1.63. The number of hydrogen-bond donors (Lipinski definition) is 2. The molecule has 2 atom stereocenters. The van der Waals surface area contributed by atoms with E-state index in [9.17, 15) is 10.2 Å². The molecule has 0 spiro atoms. The Morgan fingerprint density at radius 2 is 1.72 bits per heavy atom. The lowest BCUT2D eigenvalue weighted by Gasteiger charge is -2.35. The van der Waals surface area contributed by atoms with Gasteiger partial charge in [0, 0.05) is 15.1 Å². The molecule has 5 nitrogen and oxygen atoms in total. The number of halogens is 3. The first-order valence-electron chi connectivity index (χ1n) is 7.34. The van der Waals surface area contributed by atoms with Crippen LogP contribution in [0.4, 0.5) is 0 Å². The highest BCUT2D eigenvalue weighted by Gasteiger charge is 2.42. The quantitative estimate of drug-likeness (QED) is 0.687. The largest absolute Gasteiger partial charge is 0.393 e. The number of aromatic nitrogens is 3. The molecule has 0 aliphatic heterocycles. The van der Waals surface area contributed by atoms with Gasteiger partial charge in [0.1, 0.15) is 24.3 Å². The van der Waals surface area contributed by atoms with Gasteiger partial charge < -0.3 is 10.2 Å². The van der Waals surface area contributed by atoms with Gasteiger partial charge in [-0.3, -0.25) is 0 Å². The molecule has 0 saturated carbocycles. The molecule has 0 bridgehead atoms. The van der Waals surface area contributed by atoms with E-state index < -0.39 is 18.2 Å². The van der Waals surface area contributed by atoms with Crippen molar-refractivity contribution in [2.45, 2.75) is 11.6 Å². The Balaban J connectivity index is 2.20. The minimum absolute atomic E-state index is 0.342. The van der Waals surface area contributed by atoms with Crippen molar-refractivity contribution < 1.29 is 10.2 Å². The second-order valence-electron chi connectivity index (χ2n) is 5.53. The lowest BCUT2D eigenvalue weighted by Crippen LogP contribution is -2.41. The molecule has 1 aromatic heterocycles.